The zero-order chi connectivity index (χ0) is 18.2. The van der Waals surface area contributed by atoms with Crippen LogP contribution in [0.1, 0.15) is 6.42 Å². The number of fused-ring (bicyclic) bond motifs is 1. The van der Waals surface area contributed by atoms with Gasteiger partial charge in [-0.15, -0.1) is 0 Å². The molecule has 5 rings (SSSR count). The molecule has 1 fully saturated rings. The van der Waals surface area contributed by atoms with Crippen molar-refractivity contribution in [1.29, 1.82) is 0 Å². The Hall–Kier alpha value is -3.32. The molecule has 0 saturated carbocycles. The summed E-state index contributed by atoms with van der Waals surface area (Å²) in [6.45, 7) is 1.82. The summed E-state index contributed by atoms with van der Waals surface area (Å²) in [6, 6.07) is 10.3. The molecule has 0 aliphatic carbocycles. The SMILES string of the molecule is N[C@H]1CCN(c2ccc(-c3n[nH]c4cnc(-c5cccnc5)cc34)cn2)C1. The van der Waals surface area contributed by atoms with E-state index in [9.17, 15) is 0 Å². The third-order valence-corrected chi connectivity index (χ3v) is 4.97. The van der Waals surface area contributed by atoms with Crippen molar-refractivity contribution in [3.05, 3.63) is 55.1 Å². The summed E-state index contributed by atoms with van der Waals surface area (Å²) in [6.07, 6.45) is 8.26. The normalized spacial score (nSPS) is 16.9. The first kappa shape index (κ1) is 15.9. The largest absolute Gasteiger partial charge is 0.355 e. The Kier molecular flexibility index (Phi) is 3.79. The maximum atomic E-state index is 6.00. The zero-order valence-corrected chi connectivity index (χ0v) is 14.7. The first-order chi connectivity index (χ1) is 13.3. The first-order valence-corrected chi connectivity index (χ1v) is 8.99. The molecule has 7 heteroatoms. The highest BCUT2D eigenvalue weighted by Crippen LogP contribution is 2.29. The summed E-state index contributed by atoms with van der Waals surface area (Å²) in [5, 5.41) is 8.56. The fourth-order valence-electron chi connectivity index (χ4n) is 3.52. The van der Waals surface area contributed by atoms with Gasteiger partial charge in [0.2, 0.25) is 0 Å². The lowest BCUT2D eigenvalue weighted by Crippen LogP contribution is -2.26. The average molecular weight is 357 g/mol. The van der Waals surface area contributed by atoms with Crippen molar-refractivity contribution in [3.63, 3.8) is 0 Å². The van der Waals surface area contributed by atoms with E-state index in [-0.39, 0.29) is 6.04 Å². The molecule has 1 aliphatic heterocycles. The van der Waals surface area contributed by atoms with Gasteiger partial charge in [0, 0.05) is 54.2 Å². The summed E-state index contributed by atoms with van der Waals surface area (Å²) >= 11 is 0. The van der Waals surface area contributed by atoms with Gasteiger partial charge in [-0.3, -0.25) is 15.1 Å². The molecule has 3 N–H and O–H groups in total. The Morgan fingerprint density at radius 2 is 2.04 bits per heavy atom. The van der Waals surface area contributed by atoms with E-state index in [2.05, 4.69) is 36.1 Å². The predicted molar refractivity (Wildman–Crippen MR) is 105 cm³/mol. The average Bonchev–Trinajstić information content (AvgIpc) is 3.34. The van der Waals surface area contributed by atoms with Gasteiger partial charge in [0.15, 0.2) is 0 Å². The lowest BCUT2D eigenvalue weighted by Gasteiger charge is -2.16. The quantitative estimate of drug-likeness (QED) is 0.585. The van der Waals surface area contributed by atoms with E-state index in [4.69, 9.17) is 5.73 Å². The molecule has 0 radical (unpaired) electrons. The van der Waals surface area contributed by atoms with Crippen molar-refractivity contribution in [2.75, 3.05) is 18.0 Å². The number of anilines is 1. The second-order valence-corrected chi connectivity index (χ2v) is 6.83. The van der Waals surface area contributed by atoms with Crippen LogP contribution in [-0.4, -0.2) is 44.3 Å². The maximum Gasteiger partial charge on any atom is 0.128 e. The monoisotopic (exact) mass is 357 g/mol. The number of nitrogens with two attached hydrogens (primary N) is 1. The molecular formula is C20H19N7. The third-order valence-electron chi connectivity index (χ3n) is 4.97. The van der Waals surface area contributed by atoms with Gasteiger partial charge in [-0.25, -0.2) is 4.98 Å². The van der Waals surface area contributed by atoms with Gasteiger partial charge in [0.1, 0.15) is 11.5 Å². The minimum atomic E-state index is 0.236. The number of nitrogens with one attached hydrogen (secondary N) is 1. The van der Waals surface area contributed by atoms with Gasteiger partial charge in [-0.1, -0.05) is 0 Å². The molecular weight excluding hydrogens is 338 g/mol. The molecule has 0 aromatic carbocycles. The topological polar surface area (TPSA) is 96.6 Å². The molecule has 1 aliphatic rings. The van der Waals surface area contributed by atoms with E-state index in [1.807, 2.05) is 42.9 Å². The van der Waals surface area contributed by atoms with Crippen molar-refractivity contribution >= 4 is 16.7 Å². The van der Waals surface area contributed by atoms with Crippen LogP contribution in [0.5, 0.6) is 0 Å². The number of hydrogen-bond acceptors (Lipinski definition) is 6. The highest BCUT2D eigenvalue weighted by atomic mass is 15.2. The van der Waals surface area contributed by atoms with Crippen molar-refractivity contribution in [2.45, 2.75) is 12.5 Å². The molecule has 134 valence electrons. The molecule has 0 amide bonds. The Bertz CT molecular complexity index is 1070. The lowest BCUT2D eigenvalue weighted by molar-refractivity contribution is 0.751. The Morgan fingerprint density at radius 1 is 1.07 bits per heavy atom. The molecule has 7 nitrogen and oxygen atoms in total. The number of rotatable bonds is 3. The van der Waals surface area contributed by atoms with Crippen molar-refractivity contribution in [1.82, 2.24) is 25.1 Å². The minimum Gasteiger partial charge on any atom is -0.355 e. The molecule has 1 saturated heterocycles. The summed E-state index contributed by atoms with van der Waals surface area (Å²) < 4.78 is 0. The van der Waals surface area contributed by atoms with E-state index in [1.54, 1.807) is 6.20 Å². The standard InChI is InChI=1S/C20H19N7/c21-15-5-7-27(12-15)19-4-3-14(10-24-19)20-16-8-17(13-2-1-6-22-9-13)23-11-18(16)25-26-20/h1-4,6,8-11,15H,5,7,12,21H2,(H,25,26)/t15-/m0/s1. The van der Waals surface area contributed by atoms with Gasteiger partial charge in [-0.2, -0.15) is 5.10 Å². The van der Waals surface area contributed by atoms with Crippen LogP contribution in [0.2, 0.25) is 0 Å². The molecule has 5 heterocycles. The molecule has 27 heavy (non-hydrogen) atoms. The van der Waals surface area contributed by atoms with E-state index >= 15 is 0 Å². The van der Waals surface area contributed by atoms with Gasteiger partial charge in [0.05, 0.1) is 17.4 Å². The Morgan fingerprint density at radius 3 is 2.78 bits per heavy atom. The van der Waals surface area contributed by atoms with Crippen molar-refractivity contribution in [2.24, 2.45) is 5.73 Å². The summed E-state index contributed by atoms with van der Waals surface area (Å²) in [7, 11) is 0. The highest BCUT2D eigenvalue weighted by molar-refractivity contribution is 5.94. The number of hydrogen-bond donors (Lipinski definition) is 2. The number of aromatic amines is 1. The van der Waals surface area contributed by atoms with Crippen LogP contribution >= 0.6 is 0 Å². The third kappa shape index (κ3) is 2.92. The van der Waals surface area contributed by atoms with Crippen LogP contribution in [0.4, 0.5) is 5.82 Å². The molecule has 0 spiro atoms. The number of pyridine rings is 3. The van der Waals surface area contributed by atoms with Gasteiger partial charge in [0.25, 0.3) is 0 Å². The second kappa shape index (κ2) is 6.44. The summed E-state index contributed by atoms with van der Waals surface area (Å²) in [5.41, 5.74) is 10.6. The molecule has 4 aromatic heterocycles. The fraction of sp³-hybridized carbons (Fsp3) is 0.200. The number of aromatic nitrogens is 5. The van der Waals surface area contributed by atoms with Crippen LogP contribution in [0.3, 0.4) is 0 Å². The van der Waals surface area contributed by atoms with Crippen LogP contribution < -0.4 is 10.6 Å². The lowest BCUT2D eigenvalue weighted by atomic mass is 10.1. The van der Waals surface area contributed by atoms with E-state index in [0.717, 1.165) is 58.7 Å². The van der Waals surface area contributed by atoms with Crippen LogP contribution in [0.25, 0.3) is 33.4 Å². The Labute approximate surface area is 156 Å². The summed E-state index contributed by atoms with van der Waals surface area (Å²) in [4.78, 5) is 15.5. The number of nitrogens with zero attached hydrogens (tertiary/aromatic N) is 5. The Balaban J connectivity index is 1.51. The van der Waals surface area contributed by atoms with Crippen LogP contribution in [0, 0.1) is 0 Å². The maximum absolute atomic E-state index is 6.00. The van der Waals surface area contributed by atoms with Crippen LogP contribution in [0.15, 0.2) is 55.1 Å². The van der Waals surface area contributed by atoms with Gasteiger partial charge in [-0.05, 0) is 36.8 Å². The second-order valence-electron chi connectivity index (χ2n) is 6.83. The highest BCUT2D eigenvalue weighted by Gasteiger charge is 2.20. The van der Waals surface area contributed by atoms with Crippen LogP contribution in [-0.2, 0) is 0 Å². The number of H-pyrrole nitrogens is 1. The summed E-state index contributed by atoms with van der Waals surface area (Å²) in [5.74, 6) is 0.962. The van der Waals surface area contributed by atoms with Crippen molar-refractivity contribution in [3.8, 4) is 22.5 Å². The van der Waals surface area contributed by atoms with Gasteiger partial charge < -0.3 is 10.6 Å². The molecule has 0 bridgehead atoms. The molecule has 1 atom stereocenters. The fourth-order valence-corrected chi connectivity index (χ4v) is 3.52. The van der Waals surface area contributed by atoms with Crippen molar-refractivity contribution < 1.29 is 0 Å². The molecule has 0 unspecified atom stereocenters. The zero-order valence-electron chi connectivity index (χ0n) is 14.7. The van der Waals surface area contributed by atoms with E-state index in [1.165, 1.54) is 0 Å². The first-order valence-electron chi connectivity index (χ1n) is 8.99. The van der Waals surface area contributed by atoms with E-state index < -0.39 is 0 Å². The van der Waals surface area contributed by atoms with E-state index in [0.29, 0.717) is 0 Å². The minimum absolute atomic E-state index is 0.236. The smallest absolute Gasteiger partial charge is 0.128 e. The molecule has 4 aromatic rings. The predicted octanol–water partition coefficient (Wildman–Crippen LogP) is 2.62. The van der Waals surface area contributed by atoms with Gasteiger partial charge >= 0.3 is 0 Å².